The highest BCUT2D eigenvalue weighted by molar-refractivity contribution is 6.25. The lowest BCUT2D eigenvalue weighted by atomic mass is 10.3. The van der Waals surface area contributed by atoms with Gasteiger partial charge in [0.25, 0.3) is 0 Å². The van der Waals surface area contributed by atoms with E-state index in [4.69, 9.17) is 16.3 Å². The van der Waals surface area contributed by atoms with Gasteiger partial charge in [0.15, 0.2) is 0 Å². The Kier molecular flexibility index (Phi) is 5.44. The molecule has 3 heteroatoms. The summed E-state index contributed by atoms with van der Waals surface area (Å²) in [4.78, 5) is 0. The summed E-state index contributed by atoms with van der Waals surface area (Å²) in [6.45, 7) is 5.54. The molecule has 0 amide bonds. The predicted molar refractivity (Wildman–Crippen MR) is 56.0 cm³/mol. The van der Waals surface area contributed by atoms with Gasteiger partial charge in [0.05, 0.1) is 6.61 Å². The number of nitrogens with one attached hydrogen (secondary N) is 1. The zero-order chi connectivity index (χ0) is 9.52. The Morgan fingerprint density at radius 3 is 3.00 bits per heavy atom. The number of hydrogen-bond donors (Lipinski definition) is 1. The molecule has 0 saturated heterocycles. The average molecular weight is 204 g/mol. The molecular weight excluding hydrogens is 186 g/mol. The first-order valence-corrected chi connectivity index (χ1v) is 5.31. The van der Waals surface area contributed by atoms with Crippen molar-refractivity contribution in [2.75, 3.05) is 26.3 Å². The maximum absolute atomic E-state index is 5.51. The van der Waals surface area contributed by atoms with Crippen LogP contribution < -0.4 is 5.32 Å². The molecule has 0 radical (unpaired) electrons. The Morgan fingerprint density at radius 1 is 1.62 bits per heavy atom. The molecule has 1 fully saturated rings. The second-order valence-electron chi connectivity index (χ2n) is 3.65. The fourth-order valence-corrected chi connectivity index (χ4v) is 1.08. The molecule has 0 spiro atoms. The molecule has 13 heavy (non-hydrogen) atoms. The number of rotatable bonds is 7. The van der Waals surface area contributed by atoms with Crippen molar-refractivity contribution in [3.05, 3.63) is 11.1 Å². The van der Waals surface area contributed by atoms with E-state index in [9.17, 15) is 0 Å². The lowest BCUT2D eigenvalue weighted by Crippen LogP contribution is -2.21. The van der Waals surface area contributed by atoms with Gasteiger partial charge in [-0.25, -0.2) is 0 Å². The van der Waals surface area contributed by atoms with Gasteiger partial charge < -0.3 is 10.1 Å². The van der Waals surface area contributed by atoms with Crippen molar-refractivity contribution < 1.29 is 4.74 Å². The summed E-state index contributed by atoms with van der Waals surface area (Å²) in [6.07, 6.45) is 2.73. The maximum Gasteiger partial charge on any atom is 0.0591 e. The summed E-state index contributed by atoms with van der Waals surface area (Å²) in [6, 6.07) is 0. The van der Waals surface area contributed by atoms with Crippen molar-refractivity contribution in [1.29, 1.82) is 0 Å². The molecule has 2 nitrogen and oxygen atoms in total. The third-order valence-corrected chi connectivity index (χ3v) is 2.44. The van der Waals surface area contributed by atoms with Gasteiger partial charge in [-0.05, 0) is 31.3 Å². The molecule has 0 aliphatic heterocycles. The molecule has 0 bridgehead atoms. The minimum atomic E-state index is 0.812. The predicted octanol–water partition coefficient (Wildman–Crippen LogP) is 2.15. The van der Waals surface area contributed by atoms with Crippen LogP contribution in [0.25, 0.3) is 0 Å². The van der Waals surface area contributed by atoms with E-state index >= 15 is 0 Å². The molecule has 1 rings (SSSR count). The van der Waals surface area contributed by atoms with Gasteiger partial charge in [0.1, 0.15) is 0 Å². The molecule has 1 aliphatic carbocycles. The molecule has 1 aliphatic rings. The molecular formula is C10H18ClNO. The van der Waals surface area contributed by atoms with Crippen molar-refractivity contribution in [3.8, 4) is 0 Å². The van der Waals surface area contributed by atoms with E-state index in [1.54, 1.807) is 5.54 Å². The smallest absolute Gasteiger partial charge is 0.0591 e. The second kappa shape index (κ2) is 6.41. The van der Waals surface area contributed by atoms with Crippen LogP contribution in [0.5, 0.6) is 0 Å². The Bertz CT molecular complexity index is 166. The summed E-state index contributed by atoms with van der Waals surface area (Å²) in [5.41, 5.74) is 2.77. The number of hydrogen-bond acceptors (Lipinski definition) is 2. The van der Waals surface area contributed by atoms with Crippen molar-refractivity contribution in [2.24, 2.45) is 5.92 Å². The van der Waals surface area contributed by atoms with Crippen LogP contribution in [0.15, 0.2) is 11.1 Å². The van der Waals surface area contributed by atoms with E-state index in [-0.39, 0.29) is 0 Å². The highest BCUT2D eigenvalue weighted by atomic mass is 35.5. The van der Waals surface area contributed by atoms with Crippen LogP contribution in [0.2, 0.25) is 0 Å². The highest BCUT2D eigenvalue weighted by Gasteiger charge is 2.20. The summed E-state index contributed by atoms with van der Waals surface area (Å²) in [5.74, 6) is 0.865. The van der Waals surface area contributed by atoms with Crippen LogP contribution in [-0.4, -0.2) is 26.3 Å². The van der Waals surface area contributed by atoms with Gasteiger partial charge in [-0.1, -0.05) is 11.6 Å². The van der Waals surface area contributed by atoms with Gasteiger partial charge in [-0.15, -0.1) is 0 Å². The average Bonchev–Trinajstić information content (AvgIpc) is 2.94. The topological polar surface area (TPSA) is 21.3 Å². The normalized spacial score (nSPS) is 17.8. The van der Waals surface area contributed by atoms with Crippen molar-refractivity contribution in [2.45, 2.75) is 19.8 Å². The standard InChI is InChI=1S/C10H18ClNO/c1-9(6-11)7-12-4-5-13-8-10-2-3-10/h6,10,12H,2-5,7-8H2,1H3. The number of halogens is 1. The maximum atomic E-state index is 5.51. The summed E-state index contributed by atoms with van der Waals surface area (Å²) >= 11 is 5.51. The van der Waals surface area contributed by atoms with Crippen LogP contribution in [0, 0.1) is 5.92 Å². The van der Waals surface area contributed by atoms with Crippen LogP contribution in [0.3, 0.4) is 0 Å². The second-order valence-corrected chi connectivity index (χ2v) is 3.87. The van der Waals surface area contributed by atoms with E-state index in [0.29, 0.717) is 0 Å². The van der Waals surface area contributed by atoms with Gasteiger partial charge in [0, 0.05) is 25.2 Å². The highest BCUT2D eigenvalue weighted by Crippen LogP contribution is 2.28. The monoisotopic (exact) mass is 203 g/mol. The lowest BCUT2D eigenvalue weighted by molar-refractivity contribution is 0.127. The molecule has 0 unspecified atom stereocenters. The van der Waals surface area contributed by atoms with Crippen LogP contribution in [0.1, 0.15) is 19.8 Å². The van der Waals surface area contributed by atoms with Gasteiger partial charge in [-0.2, -0.15) is 0 Å². The quantitative estimate of drug-likeness (QED) is 0.641. The molecule has 0 heterocycles. The van der Waals surface area contributed by atoms with Crippen molar-refractivity contribution in [1.82, 2.24) is 5.32 Å². The van der Waals surface area contributed by atoms with Gasteiger partial charge >= 0.3 is 0 Å². The summed E-state index contributed by atoms with van der Waals surface area (Å²) in [7, 11) is 0. The summed E-state index contributed by atoms with van der Waals surface area (Å²) < 4.78 is 5.46. The van der Waals surface area contributed by atoms with Crippen molar-refractivity contribution in [3.63, 3.8) is 0 Å². The first kappa shape index (κ1) is 11.0. The third-order valence-electron chi connectivity index (χ3n) is 2.06. The van der Waals surface area contributed by atoms with Crippen LogP contribution in [0.4, 0.5) is 0 Å². The minimum Gasteiger partial charge on any atom is -0.380 e. The van der Waals surface area contributed by atoms with Gasteiger partial charge in [0.2, 0.25) is 0 Å². The largest absolute Gasteiger partial charge is 0.380 e. The van der Waals surface area contributed by atoms with E-state index in [1.807, 2.05) is 6.92 Å². The molecule has 1 saturated carbocycles. The SMILES string of the molecule is CC(=CCl)CNCCOCC1CC1. The van der Waals surface area contributed by atoms with E-state index in [2.05, 4.69) is 5.32 Å². The first-order valence-electron chi connectivity index (χ1n) is 4.87. The Balaban J connectivity index is 1.77. The first-order chi connectivity index (χ1) is 6.33. The van der Waals surface area contributed by atoms with E-state index in [1.165, 1.54) is 12.8 Å². The molecule has 0 aromatic carbocycles. The Labute approximate surface area is 85.3 Å². The molecule has 0 aromatic heterocycles. The minimum absolute atomic E-state index is 0.812. The van der Waals surface area contributed by atoms with Crippen LogP contribution in [-0.2, 0) is 4.74 Å². The Morgan fingerprint density at radius 2 is 2.38 bits per heavy atom. The van der Waals surface area contributed by atoms with Gasteiger partial charge in [-0.3, -0.25) is 0 Å². The van der Waals surface area contributed by atoms with E-state index in [0.717, 1.165) is 37.8 Å². The lowest BCUT2D eigenvalue weighted by Gasteiger charge is -2.05. The molecule has 1 N–H and O–H groups in total. The fraction of sp³-hybridized carbons (Fsp3) is 0.800. The zero-order valence-corrected chi connectivity index (χ0v) is 8.94. The third kappa shape index (κ3) is 6.08. The van der Waals surface area contributed by atoms with Crippen LogP contribution >= 0.6 is 11.6 Å². The van der Waals surface area contributed by atoms with Crippen molar-refractivity contribution >= 4 is 11.6 Å². The summed E-state index contributed by atoms with van der Waals surface area (Å²) in [5, 5.41) is 3.25. The molecule has 0 atom stereocenters. The molecule has 0 aromatic rings. The van der Waals surface area contributed by atoms with E-state index < -0.39 is 0 Å². The number of ether oxygens (including phenoxy) is 1. The Hall–Kier alpha value is -0.0500. The zero-order valence-electron chi connectivity index (χ0n) is 8.18. The fourth-order valence-electron chi connectivity index (χ4n) is 1.00. The molecule has 76 valence electrons.